The molecule has 0 aromatic carbocycles. The van der Waals surface area contributed by atoms with E-state index in [-0.39, 0.29) is 0 Å². The lowest BCUT2D eigenvalue weighted by Crippen LogP contribution is -2.40. The lowest BCUT2D eigenvalue weighted by molar-refractivity contribution is 0.0231. The first-order chi connectivity index (χ1) is 9.35. The molecule has 0 bridgehead atoms. The Labute approximate surface area is 117 Å². The summed E-state index contributed by atoms with van der Waals surface area (Å²) in [5.41, 5.74) is 0. The maximum atomic E-state index is 6.14. The number of rotatable bonds is 4. The second kappa shape index (κ2) is 6.53. The van der Waals surface area contributed by atoms with Gasteiger partial charge in [-0.25, -0.2) is 0 Å². The van der Waals surface area contributed by atoms with Crippen molar-refractivity contribution < 1.29 is 4.74 Å². The molecule has 4 nitrogen and oxygen atoms in total. The molecule has 3 unspecified atom stereocenters. The molecule has 110 valence electrons. The summed E-state index contributed by atoms with van der Waals surface area (Å²) in [6.45, 7) is 7.36. The van der Waals surface area contributed by atoms with Crippen LogP contribution in [0.25, 0.3) is 0 Å². The van der Waals surface area contributed by atoms with Crippen LogP contribution in [0.2, 0.25) is 0 Å². The molecule has 3 aliphatic rings. The van der Waals surface area contributed by atoms with Gasteiger partial charge in [-0.1, -0.05) is 0 Å². The van der Waals surface area contributed by atoms with Crippen LogP contribution in [0.15, 0.2) is 0 Å². The van der Waals surface area contributed by atoms with Crippen molar-refractivity contribution >= 4 is 0 Å². The van der Waals surface area contributed by atoms with Crippen LogP contribution >= 0.6 is 0 Å². The van der Waals surface area contributed by atoms with Gasteiger partial charge < -0.3 is 10.1 Å². The quantitative estimate of drug-likeness (QED) is 0.820. The third kappa shape index (κ3) is 3.48. The Balaban J connectivity index is 1.47. The van der Waals surface area contributed by atoms with Crippen LogP contribution in [0.4, 0.5) is 0 Å². The van der Waals surface area contributed by atoms with Crippen molar-refractivity contribution in [2.24, 2.45) is 0 Å². The van der Waals surface area contributed by atoms with Crippen LogP contribution in [-0.4, -0.2) is 74.4 Å². The van der Waals surface area contributed by atoms with Gasteiger partial charge in [0, 0.05) is 25.7 Å². The monoisotopic (exact) mass is 267 g/mol. The van der Waals surface area contributed by atoms with E-state index >= 15 is 0 Å². The highest BCUT2D eigenvalue weighted by Crippen LogP contribution is 2.24. The maximum absolute atomic E-state index is 6.14. The molecule has 3 saturated heterocycles. The zero-order valence-corrected chi connectivity index (χ0v) is 12.3. The van der Waals surface area contributed by atoms with E-state index in [2.05, 4.69) is 15.1 Å². The van der Waals surface area contributed by atoms with Crippen LogP contribution in [-0.2, 0) is 4.74 Å². The fourth-order valence-corrected chi connectivity index (χ4v) is 4.03. The molecule has 3 fully saturated rings. The summed E-state index contributed by atoms with van der Waals surface area (Å²) in [7, 11) is 2.01. The third-order valence-electron chi connectivity index (χ3n) is 4.98. The summed E-state index contributed by atoms with van der Waals surface area (Å²) in [6.07, 6.45) is 7.55. The van der Waals surface area contributed by atoms with Crippen LogP contribution in [0.5, 0.6) is 0 Å². The number of likely N-dealkylation sites (N-methyl/N-ethyl adjacent to an activating group) is 1. The highest BCUT2D eigenvalue weighted by molar-refractivity contribution is 4.86. The molecular formula is C15H29N3O. The molecule has 0 radical (unpaired) electrons. The smallest absolute Gasteiger partial charge is 0.0707 e. The zero-order valence-electron chi connectivity index (χ0n) is 12.3. The predicted octanol–water partition coefficient (Wildman–Crippen LogP) is 0.923. The van der Waals surface area contributed by atoms with Crippen molar-refractivity contribution in [1.29, 1.82) is 0 Å². The van der Waals surface area contributed by atoms with Gasteiger partial charge in [-0.3, -0.25) is 9.80 Å². The minimum Gasteiger partial charge on any atom is -0.372 e. The normalized spacial score (nSPS) is 37.4. The van der Waals surface area contributed by atoms with E-state index in [1.165, 1.54) is 58.3 Å². The molecule has 1 N–H and O–H groups in total. The van der Waals surface area contributed by atoms with Gasteiger partial charge in [0.1, 0.15) is 0 Å². The van der Waals surface area contributed by atoms with Gasteiger partial charge in [-0.05, 0) is 58.8 Å². The van der Waals surface area contributed by atoms with Crippen molar-refractivity contribution in [1.82, 2.24) is 15.1 Å². The minimum absolute atomic E-state index is 0.449. The van der Waals surface area contributed by atoms with E-state index in [9.17, 15) is 0 Å². The molecule has 0 saturated carbocycles. The average molecular weight is 267 g/mol. The van der Waals surface area contributed by atoms with Crippen molar-refractivity contribution in [2.45, 2.75) is 50.4 Å². The molecule has 3 aliphatic heterocycles. The summed E-state index contributed by atoms with van der Waals surface area (Å²) in [5.74, 6) is 0. The predicted molar refractivity (Wildman–Crippen MR) is 77.5 cm³/mol. The number of hydrogen-bond acceptors (Lipinski definition) is 4. The van der Waals surface area contributed by atoms with Crippen molar-refractivity contribution in [3.8, 4) is 0 Å². The second-order valence-corrected chi connectivity index (χ2v) is 6.46. The first-order valence-electron chi connectivity index (χ1n) is 8.11. The zero-order chi connectivity index (χ0) is 13.1. The number of hydrogen-bond donors (Lipinski definition) is 1. The van der Waals surface area contributed by atoms with Crippen LogP contribution in [0.1, 0.15) is 32.1 Å². The number of nitrogens with zero attached hydrogens (tertiary/aromatic N) is 2. The van der Waals surface area contributed by atoms with Gasteiger partial charge in [0.25, 0.3) is 0 Å². The van der Waals surface area contributed by atoms with E-state index in [0.29, 0.717) is 12.2 Å². The Hall–Kier alpha value is -0.160. The first kappa shape index (κ1) is 13.8. The summed E-state index contributed by atoms with van der Waals surface area (Å²) < 4.78 is 6.14. The van der Waals surface area contributed by atoms with Gasteiger partial charge >= 0.3 is 0 Å². The Bertz CT molecular complexity index is 287. The molecule has 0 aromatic rings. The highest BCUT2D eigenvalue weighted by atomic mass is 16.5. The van der Waals surface area contributed by atoms with E-state index in [0.717, 1.165) is 19.1 Å². The SMILES string of the molecule is CNCC1CCC(CN2CCCN3CCCC3C2)O1. The maximum Gasteiger partial charge on any atom is 0.0707 e. The summed E-state index contributed by atoms with van der Waals surface area (Å²) in [5, 5.41) is 3.23. The lowest BCUT2D eigenvalue weighted by Gasteiger charge is -2.27. The molecule has 4 heteroatoms. The molecule has 3 rings (SSSR count). The largest absolute Gasteiger partial charge is 0.372 e. The van der Waals surface area contributed by atoms with Gasteiger partial charge in [0.15, 0.2) is 0 Å². The molecule has 0 aliphatic carbocycles. The molecule has 0 aromatic heterocycles. The van der Waals surface area contributed by atoms with Crippen molar-refractivity contribution in [3.05, 3.63) is 0 Å². The average Bonchev–Trinajstić information content (AvgIpc) is 2.97. The minimum atomic E-state index is 0.449. The van der Waals surface area contributed by atoms with Crippen LogP contribution in [0.3, 0.4) is 0 Å². The second-order valence-electron chi connectivity index (χ2n) is 6.46. The topological polar surface area (TPSA) is 27.7 Å². The number of ether oxygens (including phenoxy) is 1. The van der Waals surface area contributed by atoms with Gasteiger partial charge in [-0.2, -0.15) is 0 Å². The van der Waals surface area contributed by atoms with Gasteiger partial charge in [0.2, 0.25) is 0 Å². The van der Waals surface area contributed by atoms with Crippen molar-refractivity contribution in [3.63, 3.8) is 0 Å². The lowest BCUT2D eigenvalue weighted by atomic mass is 10.1. The molecule has 3 atom stereocenters. The van der Waals surface area contributed by atoms with E-state index < -0.39 is 0 Å². The molecular weight excluding hydrogens is 238 g/mol. The fraction of sp³-hybridized carbons (Fsp3) is 1.00. The van der Waals surface area contributed by atoms with E-state index in [1.54, 1.807) is 0 Å². The van der Waals surface area contributed by atoms with Gasteiger partial charge in [0.05, 0.1) is 12.2 Å². The summed E-state index contributed by atoms with van der Waals surface area (Å²) >= 11 is 0. The number of fused-ring (bicyclic) bond motifs is 1. The molecule has 3 heterocycles. The fourth-order valence-electron chi connectivity index (χ4n) is 4.03. The Kier molecular flexibility index (Phi) is 4.74. The summed E-state index contributed by atoms with van der Waals surface area (Å²) in [6, 6.07) is 0.831. The van der Waals surface area contributed by atoms with E-state index in [1.807, 2.05) is 7.05 Å². The van der Waals surface area contributed by atoms with Crippen molar-refractivity contribution in [2.75, 3.05) is 46.3 Å². The Morgan fingerprint density at radius 3 is 2.79 bits per heavy atom. The Morgan fingerprint density at radius 2 is 1.89 bits per heavy atom. The molecule has 19 heavy (non-hydrogen) atoms. The standard InChI is InChI=1S/C15H29N3O/c1-16-10-14-5-6-15(19-14)12-17-7-3-9-18-8-2-4-13(18)11-17/h13-16H,2-12H2,1H3. The number of nitrogens with one attached hydrogen (secondary N) is 1. The molecule has 0 spiro atoms. The highest BCUT2D eigenvalue weighted by Gasteiger charge is 2.31. The van der Waals surface area contributed by atoms with Gasteiger partial charge in [-0.15, -0.1) is 0 Å². The third-order valence-corrected chi connectivity index (χ3v) is 4.98. The Morgan fingerprint density at radius 1 is 1.05 bits per heavy atom. The first-order valence-corrected chi connectivity index (χ1v) is 8.11. The van der Waals surface area contributed by atoms with Crippen LogP contribution in [0, 0.1) is 0 Å². The summed E-state index contributed by atoms with van der Waals surface area (Å²) in [4.78, 5) is 5.38. The van der Waals surface area contributed by atoms with Crippen LogP contribution < -0.4 is 5.32 Å². The van der Waals surface area contributed by atoms with E-state index in [4.69, 9.17) is 4.74 Å². The molecule has 0 amide bonds.